The van der Waals surface area contributed by atoms with Crippen molar-refractivity contribution in [1.29, 1.82) is 0 Å². The molecular weight excluding hydrogens is 304 g/mol. The molecule has 0 bridgehead atoms. The molecular formula is C17H22N6O. The fourth-order valence-electron chi connectivity index (χ4n) is 2.26. The van der Waals surface area contributed by atoms with E-state index in [9.17, 15) is 4.79 Å². The van der Waals surface area contributed by atoms with Gasteiger partial charge in [0, 0.05) is 24.8 Å². The maximum atomic E-state index is 12.4. The first-order chi connectivity index (χ1) is 11.3. The minimum Gasteiger partial charge on any atom is -0.382 e. The number of amides is 1. The van der Waals surface area contributed by atoms with Crippen LogP contribution in [0.2, 0.25) is 0 Å². The van der Waals surface area contributed by atoms with Gasteiger partial charge in [-0.05, 0) is 31.5 Å². The zero-order valence-electron chi connectivity index (χ0n) is 14.1. The Kier molecular flexibility index (Phi) is 5.49. The number of nitrogens with one attached hydrogen (secondary N) is 1. The molecule has 0 atom stereocenters. The number of benzene rings is 1. The number of carbonyl (C=O) groups is 1. The predicted octanol–water partition coefficient (Wildman–Crippen LogP) is 1.05. The Morgan fingerprint density at radius 2 is 2.04 bits per heavy atom. The van der Waals surface area contributed by atoms with Crippen molar-refractivity contribution < 1.29 is 4.79 Å². The van der Waals surface area contributed by atoms with E-state index in [0.29, 0.717) is 17.8 Å². The lowest BCUT2D eigenvalue weighted by Crippen LogP contribution is -2.27. The lowest BCUT2D eigenvalue weighted by atomic mass is 10.1. The van der Waals surface area contributed by atoms with Crippen molar-refractivity contribution in [2.75, 3.05) is 7.05 Å². The number of hydrazine groups is 1. The molecule has 24 heavy (non-hydrogen) atoms. The first kappa shape index (κ1) is 17.4. The van der Waals surface area contributed by atoms with Crippen LogP contribution in [-0.4, -0.2) is 28.9 Å². The standard InChI is InChI=1S/C17H22N6O/c1-11-5-4-6-13(7-11)10-20-17(24)15-9-14(8-12(2)21-15)16(18)22-23(3)19/h4-9H,10,19H2,1-3H3,(H2,18,22)(H,20,24). The Balaban J connectivity index is 2.16. The van der Waals surface area contributed by atoms with Crippen molar-refractivity contribution >= 4 is 11.7 Å². The highest BCUT2D eigenvalue weighted by atomic mass is 16.1. The van der Waals surface area contributed by atoms with Gasteiger partial charge in [-0.25, -0.2) is 15.9 Å². The van der Waals surface area contributed by atoms with Crippen LogP contribution in [0, 0.1) is 13.8 Å². The van der Waals surface area contributed by atoms with Crippen molar-refractivity contribution in [1.82, 2.24) is 15.4 Å². The summed E-state index contributed by atoms with van der Waals surface area (Å²) in [5.41, 5.74) is 9.62. The number of nitrogens with two attached hydrogens (primary N) is 2. The zero-order chi connectivity index (χ0) is 17.7. The molecule has 5 N–H and O–H groups in total. The van der Waals surface area contributed by atoms with E-state index in [-0.39, 0.29) is 17.4 Å². The van der Waals surface area contributed by atoms with E-state index in [1.807, 2.05) is 31.2 Å². The molecule has 1 aromatic carbocycles. The second kappa shape index (κ2) is 7.56. The minimum absolute atomic E-state index is 0.221. The normalized spacial score (nSPS) is 11.2. The summed E-state index contributed by atoms with van der Waals surface area (Å²) >= 11 is 0. The van der Waals surface area contributed by atoms with E-state index in [2.05, 4.69) is 15.4 Å². The van der Waals surface area contributed by atoms with E-state index in [1.165, 1.54) is 0 Å². The largest absolute Gasteiger partial charge is 0.382 e. The third kappa shape index (κ3) is 4.79. The van der Waals surface area contributed by atoms with Gasteiger partial charge in [0.05, 0.1) is 0 Å². The van der Waals surface area contributed by atoms with Gasteiger partial charge >= 0.3 is 0 Å². The molecule has 1 heterocycles. The molecule has 0 aliphatic rings. The summed E-state index contributed by atoms with van der Waals surface area (Å²) in [4.78, 5) is 16.6. The number of hydrogen-bond acceptors (Lipinski definition) is 5. The van der Waals surface area contributed by atoms with Crippen molar-refractivity contribution in [3.63, 3.8) is 0 Å². The second-order valence-corrected chi connectivity index (χ2v) is 5.61. The van der Waals surface area contributed by atoms with E-state index in [4.69, 9.17) is 11.6 Å². The van der Waals surface area contributed by atoms with E-state index in [0.717, 1.165) is 16.2 Å². The van der Waals surface area contributed by atoms with Gasteiger partial charge in [0.1, 0.15) is 5.69 Å². The molecule has 1 aromatic heterocycles. The molecule has 2 rings (SSSR count). The number of aromatic nitrogens is 1. The summed E-state index contributed by atoms with van der Waals surface area (Å²) in [5, 5.41) is 7.91. The number of hydrazone groups is 1. The molecule has 0 fully saturated rings. The SMILES string of the molecule is Cc1cccc(CNC(=O)c2cc(/C(N)=N/N(C)N)cc(C)n2)c1. The van der Waals surface area contributed by atoms with Crippen LogP contribution in [0.15, 0.2) is 41.5 Å². The summed E-state index contributed by atoms with van der Waals surface area (Å²) in [7, 11) is 1.57. The fraction of sp³-hybridized carbons (Fsp3) is 0.235. The highest BCUT2D eigenvalue weighted by molar-refractivity contribution is 6.00. The van der Waals surface area contributed by atoms with Crippen molar-refractivity contribution in [3.05, 3.63) is 64.5 Å². The van der Waals surface area contributed by atoms with Gasteiger partial charge in [-0.3, -0.25) is 4.79 Å². The quantitative estimate of drug-likeness (QED) is 0.329. The third-order valence-electron chi connectivity index (χ3n) is 3.28. The molecule has 126 valence electrons. The molecule has 0 unspecified atom stereocenters. The highest BCUT2D eigenvalue weighted by Crippen LogP contribution is 2.08. The molecule has 0 aliphatic carbocycles. The maximum absolute atomic E-state index is 12.4. The molecule has 0 aliphatic heterocycles. The summed E-state index contributed by atoms with van der Waals surface area (Å²) in [6.45, 7) is 4.23. The Hall–Kier alpha value is -2.93. The summed E-state index contributed by atoms with van der Waals surface area (Å²) in [6.07, 6.45) is 0. The van der Waals surface area contributed by atoms with E-state index < -0.39 is 0 Å². The number of rotatable bonds is 5. The van der Waals surface area contributed by atoms with Gasteiger partial charge in [0.2, 0.25) is 0 Å². The van der Waals surface area contributed by atoms with E-state index >= 15 is 0 Å². The summed E-state index contributed by atoms with van der Waals surface area (Å²) in [5.74, 6) is 5.41. The van der Waals surface area contributed by atoms with Gasteiger partial charge in [-0.15, -0.1) is 5.10 Å². The number of aryl methyl sites for hydroxylation is 2. The lowest BCUT2D eigenvalue weighted by molar-refractivity contribution is 0.0945. The van der Waals surface area contributed by atoms with Crippen LogP contribution in [0.1, 0.15) is 32.9 Å². The minimum atomic E-state index is -0.268. The van der Waals surface area contributed by atoms with Crippen LogP contribution in [0.25, 0.3) is 0 Å². The van der Waals surface area contributed by atoms with Crippen molar-refractivity contribution in [2.24, 2.45) is 16.7 Å². The number of pyridine rings is 1. The number of nitrogens with zero attached hydrogens (tertiary/aromatic N) is 3. The van der Waals surface area contributed by atoms with Crippen LogP contribution in [-0.2, 0) is 6.54 Å². The van der Waals surface area contributed by atoms with E-state index in [1.54, 1.807) is 26.1 Å². The molecule has 0 saturated carbocycles. The number of amidine groups is 1. The third-order valence-corrected chi connectivity index (χ3v) is 3.28. The van der Waals surface area contributed by atoms with Crippen LogP contribution in [0.5, 0.6) is 0 Å². The van der Waals surface area contributed by atoms with Gasteiger partial charge in [0.25, 0.3) is 5.91 Å². The van der Waals surface area contributed by atoms with Gasteiger partial charge in [-0.2, -0.15) is 0 Å². The van der Waals surface area contributed by atoms with Gasteiger partial charge < -0.3 is 11.1 Å². The van der Waals surface area contributed by atoms with Gasteiger partial charge in [-0.1, -0.05) is 29.8 Å². The van der Waals surface area contributed by atoms with Crippen LogP contribution < -0.4 is 16.9 Å². The molecule has 0 saturated heterocycles. The number of carbonyl (C=O) groups excluding carboxylic acids is 1. The Morgan fingerprint density at radius 1 is 1.29 bits per heavy atom. The molecule has 1 amide bonds. The molecule has 2 aromatic rings. The second-order valence-electron chi connectivity index (χ2n) is 5.61. The smallest absolute Gasteiger partial charge is 0.270 e. The Morgan fingerprint density at radius 3 is 2.71 bits per heavy atom. The van der Waals surface area contributed by atoms with Crippen LogP contribution >= 0.6 is 0 Å². The molecule has 7 heteroatoms. The van der Waals surface area contributed by atoms with Crippen molar-refractivity contribution in [3.8, 4) is 0 Å². The average Bonchev–Trinajstić information content (AvgIpc) is 2.51. The lowest BCUT2D eigenvalue weighted by Gasteiger charge is -2.10. The number of hydrogen-bond donors (Lipinski definition) is 3. The van der Waals surface area contributed by atoms with Gasteiger partial charge in [0.15, 0.2) is 5.84 Å². The van der Waals surface area contributed by atoms with Crippen molar-refractivity contribution in [2.45, 2.75) is 20.4 Å². The topological polar surface area (TPSA) is 110 Å². The Labute approximate surface area is 141 Å². The van der Waals surface area contributed by atoms with Crippen LogP contribution in [0.4, 0.5) is 0 Å². The fourth-order valence-corrected chi connectivity index (χ4v) is 2.26. The summed E-state index contributed by atoms with van der Waals surface area (Å²) < 4.78 is 0. The Bertz CT molecular complexity index is 769. The first-order valence-electron chi connectivity index (χ1n) is 7.50. The molecule has 0 spiro atoms. The predicted molar refractivity (Wildman–Crippen MR) is 94.0 cm³/mol. The first-order valence-corrected chi connectivity index (χ1v) is 7.50. The average molecular weight is 326 g/mol. The molecule has 0 radical (unpaired) electrons. The summed E-state index contributed by atoms with van der Waals surface area (Å²) in [6, 6.07) is 11.3. The molecule has 7 nitrogen and oxygen atoms in total. The maximum Gasteiger partial charge on any atom is 0.270 e. The highest BCUT2D eigenvalue weighted by Gasteiger charge is 2.11. The monoisotopic (exact) mass is 326 g/mol. The zero-order valence-corrected chi connectivity index (χ0v) is 14.1. The van der Waals surface area contributed by atoms with Crippen LogP contribution in [0.3, 0.4) is 0 Å².